The molecule has 13 heteroatoms. The number of nitrogens with one attached hydrogen (secondary N) is 1. The lowest BCUT2D eigenvalue weighted by Crippen LogP contribution is -2.41. The zero-order valence-electron chi connectivity index (χ0n) is 26.9. The van der Waals surface area contributed by atoms with Crippen LogP contribution in [0.3, 0.4) is 0 Å². The fourth-order valence-corrected chi connectivity index (χ4v) is 7.18. The van der Waals surface area contributed by atoms with Crippen molar-refractivity contribution in [2.45, 2.75) is 70.1 Å². The van der Waals surface area contributed by atoms with Gasteiger partial charge in [-0.2, -0.15) is 13.2 Å². The standard InChI is InChI=1S/C34H40F4N8O/c1-20-8-11-46(17-23(20)35)29-16-39-26(15-40-29)31-43-30-27(45(2)18-33(19-47-3)9-4-5-10-33)14-25(42-32(30)44-31)22-12-24(21-6-7-21)41-28(13-22)34(36,37)38/h12-16,20-21,23H,4-11,17-19H2,1-3H3,(H,42,43,44)/t20-,23-/m1/s1. The number of alkyl halides is 4. The molecule has 1 saturated heterocycles. The second-order valence-corrected chi connectivity index (χ2v) is 13.7. The molecular weight excluding hydrogens is 612 g/mol. The fourth-order valence-electron chi connectivity index (χ4n) is 7.18. The van der Waals surface area contributed by atoms with E-state index in [9.17, 15) is 17.6 Å². The minimum Gasteiger partial charge on any atom is -0.384 e. The second kappa shape index (κ2) is 12.3. The van der Waals surface area contributed by atoms with Crippen molar-refractivity contribution in [1.29, 1.82) is 0 Å². The Bertz CT molecular complexity index is 1730. The monoisotopic (exact) mass is 652 g/mol. The number of imidazole rings is 1. The zero-order chi connectivity index (χ0) is 32.9. The van der Waals surface area contributed by atoms with Crippen LogP contribution < -0.4 is 9.80 Å². The van der Waals surface area contributed by atoms with Gasteiger partial charge < -0.3 is 19.5 Å². The third-order valence-electron chi connectivity index (χ3n) is 10.0. The van der Waals surface area contributed by atoms with Gasteiger partial charge in [0, 0.05) is 49.8 Å². The average Bonchev–Trinajstić information content (AvgIpc) is 3.66. The quantitative estimate of drug-likeness (QED) is 0.190. The van der Waals surface area contributed by atoms with Crippen LogP contribution >= 0.6 is 0 Å². The molecule has 47 heavy (non-hydrogen) atoms. The second-order valence-electron chi connectivity index (χ2n) is 13.7. The molecule has 0 radical (unpaired) electrons. The Labute approximate surface area is 271 Å². The van der Waals surface area contributed by atoms with Crippen molar-refractivity contribution in [3.8, 4) is 22.8 Å². The number of methoxy groups -OCH3 is 1. The molecule has 0 unspecified atom stereocenters. The molecule has 0 aromatic carbocycles. The molecule has 3 fully saturated rings. The van der Waals surface area contributed by atoms with E-state index in [4.69, 9.17) is 14.7 Å². The van der Waals surface area contributed by atoms with Gasteiger partial charge in [0.15, 0.2) is 11.5 Å². The number of aromatic nitrogens is 6. The first-order valence-corrected chi connectivity index (χ1v) is 16.4. The van der Waals surface area contributed by atoms with E-state index in [1.54, 1.807) is 25.6 Å². The normalized spacial score (nSPS) is 21.5. The van der Waals surface area contributed by atoms with Crippen molar-refractivity contribution in [2.75, 3.05) is 50.2 Å². The highest BCUT2D eigenvalue weighted by atomic mass is 19.4. The van der Waals surface area contributed by atoms with Crippen molar-refractivity contribution >= 4 is 22.7 Å². The lowest BCUT2D eigenvalue weighted by molar-refractivity contribution is -0.141. The first-order chi connectivity index (χ1) is 22.5. The number of anilines is 2. The SMILES string of the molecule is COCC1(CN(C)c2cc(-c3cc(C4CC4)nc(C(F)(F)F)c3)nc3nc(-c4cnc(N5CC[C@@H](C)[C@H](F)C5)cn4)[nH]c23)CCCC1. The largest absolute Gasteiger partial charge is 0.433 e. The Morgan fingerprint density at radius 1 is 1.02 bits per heavy atom. The number of H-pyrrole nitrogens is 1. The predicted molar refractivity (Wildman–Crippen MR) is 172 cm³/mol. The van der Waals surface area contributed by atoms with Gasteiger partial charge >= 0.3 is 6.18 Å². The van der Waals surface area contributed by atoms with Gasteiger partial charge in [0.1, 0.15) is 28.9 Å². The van der Waals surface area contributed by atoms with Crippen LogP contribution in [0.2, 0.25) is 0 Å². The van der Waals surface area contributed by atoms with Gasteiger partial charge in [-0.05, 0) is 56.2 Å². The third-order valence-corrected chi connectivity index (χ3v) is 10.0. The molecule has 5 heterocycles. The highest BCUT2D eigenvalue weighted by molar-refractivity contribution is 5.91. The summed E-state index contributed by atoms with van der Waals surface area (Å²) >= 11 is 0. The predicted octanol–water partition coefficient (Wildman–Crippen LogP) is 7.20. The smallest absolute Gasteiger partial charge is 0.384 e. The first-order valence-electron chi connectivity index (χ1n) is 16.4. The molecule has 4 aromatic heterocycles. The molecule has 2 aliphatic carbocycles. The number of rotatable bonds is 9. The van der Waals surface area contributed by atoms with Gasteiger partial charge in [-0.3, -0.25) is 0 Å². The third kappa shape index (κ3) is 6.50. The summed E-state index contributed by atoms with van der Waals surface area (Å²) in [5.74, 6) is 1.08. The molecule has 2 atom stereocenters. The van der Waals surface area contributed by atoms with E-state index in [1.165, 1.54) is 0 Å². The number of nitrogens with zero attached hydrogens (tertiary/aromatic N) is 7. The Morgan fingerprint density at radius 2 is 1.81 bits per heavy atom. The molecule has 7 rings (SSSR count). The van der Waals surface area contributed by atoms with Crippen LogP contribution in [0.4, 0.5) is 29.1 Å². The highest BCUT2D eigenvalue weighted by Gasteiger charge is 2.37. The van der Waals surface area contributed by atoms with Crippen molar-refractivity contribution in [3.05, 3.63) is 42.0 Å². The van der Waals surface area contributed by atoms with E-state index in [-0.39, 0.29) is 23.8 Å². The lowest BCUT2D eigenvalue weighted by atomic mass is 9.86. The molecule has 1 aliphatic heterocycles. The van der Waals surface area contributed by atoms with Crippen molar-refractivity contribution in [1.82, 2.24) is 29.9 Å². The topological polar surface area (TPSA) is 95.9 Å². The molecular formula is C34H40F4N8O. The summed E-state index contributed by atoms with van der Waals surface area (Å²) in [6.45, 7) is 4.23. The fraction of sp³-hybridized carbons (Fsp3) is 0.559. The van der Waals surface area contributed by atoms with E-state index in [2.05, 4.69) is 24.8 Å². The van der Waals surface area contributed by atoms with Crippen LogP contribution in [0.5, 0.6) is 0 Å². The van der Waals surface area contributed by atoms with Gasteiger partial charge in [-0.25, -0.2) is 29.3 Å². The number of hydrogen-bond acceptors (Lipinski definition) is 8. The van der Waals surface area contributed by atoms with Gasteiger partial charge in [0.25, 0.3) is 0 Å². The molecule has 9 nitrogen and oxygen atoms in total. The number of halogens is 4. The Kier molecular flexibility index (Phi) is 8.30. The van der Waals surface area contributed by atoms with E-state index in [0.29, 0.717) is 65.1 Å². The molecule has 3 aliphatic rings. The molecule has 2 saturated carbocycles. The van der Waals surface area contributed by atoms with E-state index >= 15 is 0 Å². The number of pyridine rings is 2. The summed E-state index contributed by atoms with van der Waals surface area (Å²) in [4.78, 5) is 30.1. The average molecular weight is 653 g/mol. The summed E-state index contributed by atoms with van der Waals surface area (Å²) in [7, 11) is 3.71. The Hall–Kier alpha value is -3.87. The minimum atomic E-state index is -4.58. The van der Waals surface area contributed by atoms with Crippen LogP contribution in [0.1, 0.15) is 69.2 Å². The van der Waals surface area contributed by atoms with Crippen LogP contribution in [0.15, 0.2) is 30.6 Å². The minimum absolute atomic E-state index is 0.0179. The summed E-state index contributed by atoms with van der Waals surface area (Å²) in [6, 6.07) is 4.65. The molecule has 1 N–H and O–H groups in total. The molecule has 250 valence electrons. The van der Waals surface area contributed by atoms with Crippen molar-refractivity contribution in [3.63, 3.8) is 0 Å². The molecule has 0 amide bonds. The van der Waals surface area contributed by atoms with Crippen LogP contribution in [0, 0.1) is 11.3 Å². The number of hydrogen-bond donors (Lipinski definition) is 1. The van der Waals surface area contributed by atoms with Crippen molar-refractivity contribution in [2.24, 2.45) is 11.3 Å². The van der Waals surface area contributed by atoms with Gasteiger partial charge in [0.2, 0.25) is 0 Å². The van der Waals surface area contributed by atoms with Gasteiger partial charge in [0.05, 0.1) is 36.9 Å². The van der Waals surface area contributed by atoms with Gasteiger partial charge in [-0.15, -0.1) is 0 Å². The first kappa shape index (κ1) is 31.7. The van der Waals surface area contributed by atoms with Crippen molar-refractivity contribution < 1.29 is 22.3 Å². The van der Waals surface area contributed by atoms with Gasteiger partial charge in [-0.1, -0.05) is 19.8 Å². The summed E-state index contributed by atoms with van der Waals surface area (Å²) in [5, 5.41) is 0. The maximum absolute atomic E-state index is 14.4. The Morgan fingerprint density at radius 3 is 2.47 bits per heavy atom. The van der Waals surface area contributed by atoms with Crippen LogP contribution in [-0.4, -0.2) is 76.5 Å². The number of piperidine rings is 1. The Balaban J connectivity index is 1.29. The summed E-state index contributed by atoms with van der Waals surface area (Å²) in [5.41, 5.74) is 2.50. The summed E-state index contributed by atoms with van der Waals surface area (Å²) < 4.78 is 61.9. The maximum atomic E-state index is 14.4. The molecule has 4 aromatic rings. The van der Waals surface area contributed by atoms with E-state index < -0.39 is 18.0 Å². The van der Waals surface area contributed by atoms with E-state index in [0.717, 1.165) is 56.7 Å². The number of aromatic amines is 1. The highest BCUT2D eigenvalue weighted by Crippen LogP contribution is 2.44. The molecule has 0 spiro atoms. The number of fused-ring (bicyclic) bond motifs is 1. The summed E-state index contributed by atoms with van der Waals surface area (Å²) in [6.07, 6.45) is 4.44. The number of ether oxygens (including phenoxy) is 1. The van der Waals surface area contributed by atoms with Crippen LogP contribution in [-0.2, 0) is 10.9 Å². The van der Waals surface area contributed by atoms with E-state index in [1.807, 2.05) is 24.9 Å². The molecule has 0 bridgehead atoms. The zero-order valence-corrected chi connectivity index (χ0v) is 26.9. The lowest BCUT2D eigenvalue weighted by Gasteiger charge is -2.34. The van der Waals surface area contributed by atoms with Crippen LogP contribution in [0.25, 0.3) is 33.9 Å². The maximum Gasteiger partial charge on any atom is 0.433 e.